The lowest BCUT2D eigenvalue weighted by Gasteiger charge is -2.03. The maximum atomic E-state index is 11.1. The van der Waals surface area contributed by atoms with E-state index in [1.54, 1.807) is 18.2 Å². The maximum absolute atomic E-state index is 11.1. The first-order valence-corrected chi connectivity index (χ1v) is 4.27. The quantitative estimate of drug-likeness (QED) is 0.700. The standard InChI is InChI=1S/C8H6BrNO2/c9-5-3-1-2-4-6(5)8(12)10-7(4)11/h1-3,8,12H,(H,10,11)/t8-/m1/s1. The highest BCUT2D eigenvalue weighted by molar-refractivity contribution is 9.10. The Hall–Kier alpha value is -0.870. The van der Waals surface area contributed by atoms with E-state index in [0.717, 1.165) is 4.47 Å². The van der Waals surface area contributed by atoms with Crippen molar-refractivity contribution in [2.75, 3.05) is 0 Å². The van der Waals surface area contributed by atoms with Crippen molar-refractivity contribution >= 4 is 21.8 Å². The van der Waals surface area contributed by atoms with Crippen LogP contribution in [-0.4, -0.2) is 11.0 Å². The third kappa shape index (κ3) is 0.956. The van der Waals surface area contributed by atoms with Gasteiger partial charge in [0.1, 0.15) is 0 Å². The predicted molar refractivity (Wildman–Crippen MR) is 46.6 cm³/mol. The Morgan fingerprint density at radius 3 is 2.92 bits per heavy atom. The van der Waals surface area contributed by atoms with E-state index in [9.17, 15) is 9.90 Å². The molecule has 62 valence electrons. The van der Waals surface area contributed by atoms with Gasteiger partial charge in [-0.25, -0.2) is 0 Å². The molecular formula is C8H6BrNO2. The Balaban J connectivity index is 2.67. The molecule has 1 aromatic carbocycles. The summed E-state index contributed by atoms with van der Waals surface area (Å²) in [5.74, 6) is -0.223. The van der Waals surface area contributed by atoms with Crippen LogP contribution in [0.4, 0.5) is 0 Å². The highest BCUT2D eigenvalue weighted by Crippen LogP contribution is 2.30. The SMILES string of the molecule is O=C1N[C@H](O)c2c(Br)cccc21. The third-order valence-corrected chi connectivity index (χ3v) is 2.53. The van der Waals surface area contributed by atoms with Crippen LogP contribution in [0.15, 0.2) is 22.7 Å². The largest absolute Gasteiger partial charge is 0.369 e. The molecule has 2 N–H and O–H groups in total. The zero-order valence-corrected chi connectivity index (χ0v) is 7.63. The molecular weight excluding hydrogens is 222 g/mol. The topological polar surface area (TPSA) is 49.3 Å². The number of amides is 1. The molecule has 0 spiro atoms. The Morgan fingerprint density at radius 2 is 2.25 bits per heavy atom. The number of nitrogens with one attached hydrogen (secondary N) is 1. The first-order chi connectivity index (χ1) is 5.70. The van der Waals surface area contributed by atoms with Gasteiger partial charge < -0.3 is 10.4 Å². The molecule has 1 aliphatic rings. The minimum atomic E-state index is -0.872. The fourth-order valence-electron chi connectivity index (χ4n) is 1.29. The van der Waals surface area contributed by atoms with E-state index in [1.807, 2.05) is 0 Å². The van der Waals surface area contributed by atoms with Crippen LogP contribution >= 0.6 is 15.9 Å². The number of rotatable bonds is 0. The van der Waals surface area contributed by atoms with Crippen molar-refractivity contribution in [1.29, 1.82) is 0 Å². The molecule has 0 radical (unpaired) electrons. The zero-order valence-electron chi connectivity index (χ0n) is 6.04. The van der Waals surface area contributed by atoms with Crippen LogP contribution in [0.3, 0.4) is 0 Å². The molecule has 1 heterocycles. The van der Waals surface area contributed by atoms with E-state index in [2.05, 4.69) is 21.2 Å². The molecule has 0 saturated carbocycles. The molecule has 1 aliphatic heterocycles. The summed E-state index contributed by atoms with van der Waals surface area (Å²) in [6.07, 6.45) is -0.872. The Labute approximate surface area is 77.5 Å². The second kappa shape index (κ2) is 2.57. The highest BCUT2D eigenvalue weighted by atomic mass is 79.9. The number of aliphatic hydroxyl groups is 1. The van der Waals surface area contributed by atoms with Crippen LogP contribution in [0, 0.1) is 0 Å². The third-order valence-electron chi connectivity index (χ3n) is 1.84. The van der Waals surface area contributed by atoms with Gasteiger partial charge in [0.25, 0.3) is 5.91 Å². The molecule has 0 saturated heterocycles. The summed E-state index contributed by atoms with van der Waals surface area (Å²) in [5, 5.41) is 11.8. The number of fused-ring (bicyclic) bond motifs is 1. The average molecular weight is 228 g/mol. The molecule has 2 rings (SSSR count). The van der Waals surface area contributed by atoms with Crippen molar-refractivity contribution in [2.45, 2.75) is 6.23 Å². The summed E-state index contributed by atoms with van der Waals surface area (Å²) < 4.78 is 0.755. The molecule has 1 atom stereocenters. The normalized spacial score (nSPS) is 20.5. The summed E-state index contributed by atoms with van der Waals surface area (Å²) in [6, 6.07) is 5.24. The van der Waals surface area contributed by atoms with Gasteiger partial charge in [-0.3, -0.25) is 4.79 Å². The summed E-state index contributed by atoms with van der Waals surface area (Å²) in [6.45, 7) is 0. The lowest BCUT2D eigenvalue weighted by Crippen LogP contribution is -2.18. The van der Waals surface area contributed by atoms with E-state index in [-0.39, 0.29) is 5.91 Å². The molecule has 1 aromatic rings. The fourth-order valence-corrected chi connectivity index (χ4v) is 1.87. The molecule has 3 nitrogen and oxygen atoms in total. The first-order valence-electron chi connectivity index (χ1n) is 3.47. The Morgan fingerprint density at radius 1 is 1.50 bits per heavy atom. The number of benzene rings is 1. The number of halogens is 1. The van der Waals surface area contributed by atoms with Crippen molar-refractivity contribution in [3.63, 3.8) is 0 Å². The first kappa shape index (κ1) is 7.76. The lowest BCUT2D eigenvalue weighted by molar-refractivity contribution is 0.0850. The van der Waals surface area contributed by atoms with Gasteiger partial charge in [-0.2, -0.15) is 0 Å². The van der Waals surface area contributed by atoms with Crippen molar-refractivity contribution < 1.29 is 9.90 Å². The smallest absolute Gasteiger partial charge is 0.254 e. The van der Waals surface area contributed by atoms with Crippen molar-refractivity contribution in [1.82, 2.24) is 5.32 Å². The average Bonchev–Trinajstić information content (AvgIpc) is 2.29. The van der Waals surface area contributed by atoms with Crippen LogP contribution in [0.25, 0.3) is 0 Å². The zero-order chi connectivity index (χ0) is 8.72. The molecule has 12 heavy (non-hydrogen) atoms. The molecule has 0 fully saturated rings. The summed E-state index contributed by atoms with van der Waals surface area (Å²) in [5.41, 5.74) is 1.17. The van der Waals surface area contributed by atoms with E-state index in [1.165, 1.54) is 0 Å². The number of carbonyl (C=O) groups excluding carboxylic acids is 1. The number of hydrogen-bond donors (Lipinski definition) is 2. The predicted octanol–water partition coefficient (Wildman–Crippen LogP) is 1.18. The van der Waals surface area contributed by atoms with Crippen molar-refractivity contribution in [2.24, 2.45) is 0 Å². The van der Waals surface area contributed by atoms with E-state index in [0.29, 0.717) is 11.1 Å². The van der Waals surface area contributed by atoms with Gasteiger partial charge in [-0.05, 0) is 12.1 Å². The molecule has 0 bridgehead atoms. The maximum Gasteiger partial charge on any atom is 0.254 e. The van der Waals surface area contributed by atoms with Crippen molar-refractivity contribution in [3.8, 4) is 0 Å². The fraction of sp³-hybridized carbons (Fsp3) is 0.125. The number of hydrogen-bond acceptors (Lipinski definition) is 2. The monoisotopic (exact) mass is 227 g/mol. The molecule has 4 heteroatoms. The summed E-state index contributed by atoms with van der Waals surface area (Å²) in [7, 11) is 0. The Kier molecular flexibility index (Phi) is 1.66. The van der Waals surface area contributed by atoms with Gasteiger partial charge in [-0.1, -0.05) is 22.0 Å². The minimum Gasteiger partial charge on any atom is -0.369 e. The van der Waals surface area contributed by atoms with Gasteiger partial charge in [0.15, 0.2) is 6.23 Å². The molecule has 0 aromatic heterocycles. The summed E-state index contributed by atoms with van der Waals surface area (Å²) >= 11 is 3.26. The van der Waals surface area contributed by atoms with Crippen LogP contribution in [-0.2, 0) is 0 Å². The van der Waals surface area contributed by atoms with Crippen LogP contribution < -0.4 is 5.32 Å². The van der Waals surface area contributed by atoms with E-state index in [4.69, 9.17) is 0 Å². The van der Waals surface area contributed by atoms with Gasteiger partial charge in [0.2, 0.25) is 0 Å². The van der Waals surface area contributed by atoms with Gasteiger partial charge >= 0.3 is 0 Å². The van der Waals surface area contributed by atoms with Gasteiger partial charge in [-0.15, -0.1) is 0 Å². The Bertz CT molecular complexity index is 351. The number of aliphatic hydroxyl groups excluding tert-OH is 1. The highest BCUT2D eigenvalue weighted by Gasteiger charge is 2.28. The van der Waals surface area contributed by atoms with E-state index < -0.39 is 6.23 Å². The minimum absolute atomic E-state index is 0.223. The van der Waals surface area contributed by atoms with Crippen LogP contribution in [0.2, 0.25) is 0 Å². The van der Waals surface area contributed by atoms with Gasteiger partial charge in [0.05, 0.1) is 0 Å². The van der Waals surface area contributed by atoms with E-state index >= 15 is 0 Å². The van der Waals surface area contributed by atoms with Crippen molar-refractivity contribution in [3.05, 3.63) is 33.8 Å². The lowest BCUT2D eigenvalue weighted by atomic mass is 10.1. The van der Waals surface area contributed by atoms with Crippen LogP contribution in [0.5, 0.6) is 0 Å². The number of carbonyl (C=O) groups is 1. The second-order valence-electron chi connectivity index (χ2n) is 2.58. The summed E-state index contributed by atoms with van der Waals surface area (Å²) in [4.78, 5) is 11.1. The van der Waals surface area contributed by atoms with Crippen LogP contribution in [0.1, 0.15) is 22.1 Å². The molecule has 0 aliphatic carbocycles. The second-order valence-corrected chi connectivity index (χ2v) is 3.43. The van der Waals surface area contributed by atoms with Gasteiger partial charge in [0, 0.05) is 15.6 Å². The molecule has 0 unspecified atom stereocenters. The molecule has 1 amide bonds.